The number of hydrogen-bond donors (Lipinski definition) is 1. The maximum atomic E-state index is 14.0. The Balaban J connectivity index is 1.30. The summed E-state index contributed by atoms with van der Waals surface area (Å²) < 4.78 is 34.6. The van der Waals surface area contributed by atoms with E-state index in [1.807, 2.05) is 48.1 Å². The number of aryl methyl sites for hydroxylation is 2. The number of halogens is 2. The van der Waals surface area contributed by atoms with Crippen molar-refractivity contribution in [3.63, 3.8) is 0 Å². The summed E-state index contributed by atoms with van der Waals surface area (Å²) in [5.41, 5.74) is 1.76. The number of carbonyl (C=O) groups excluding carboxylic acids is 1. The van der Waals surface area contributed by atoms with E-state index in [9.17, 15) is 13.6 Å². The second kappa shape index (κ2) is 9.59. The van der Waals surface area contributed by atoms with Crippen LogP contribution < -0.4 is 5.32 Å². The minimum Gasteiger partial charge on any atom is -0.441 e. The molecule has 3 heterocycles. The normalized spacial score (nSPS) is 11.1. The highest BCUT2D eigenvalue weighted by atomic mass is 32.1. The van der Waals surface area contributed by atoms with E-state index < -0.39 is 11.6 Å². The molecule has 0 aliphatic heterocycles. The molecule has 35 heavy (non-hydrogen) atoms. The summed E-state index contributed by atoms with van der Waals surface area (Å²) in [6.45, 7) is 0. The Hall–Kier alpha value is -4.18. The van der Waals surface area contributed by atoms with Crippen LogP contribution in [0.2, 0.25) is 0 Å². The van der Waals surface area contributed by atoms with E-state index in [0.29, 0.717) is 5.13 Å². The van der Waals surface area contributed by atoms with Crippen LogP contribution in [0.3, 0.4) is 0 Å². The average Bonchev–Trinajstić information content (AvgIpc) is 3.58. The van der Waals surface area contributed by atoms with Gasteiger partial charge in [0.05, 0.1) is 22.3 Å². The number of anilines is 1. The van der Waals surface area contributed by atoms with Crippen molar-refractivity contribution in [2.45, 2.75) is 12.8 Å². The third-order valence-electron chi connectivity index (χ3n) is 5.26. The molecular weight excluding hydrogens is 472 g/mol. The Morgan fingerprint density at radius 2 is 1.97 bits per heavy atom. The molecular formula is C25H19F2N5O2S. The molecule has 2 aromatic carbocycles. The molecule has 0 saturated heterocycles. The molecule has 5 rings (SSSR count). The Kier molecular flexibility index (Phi) is 6.19. The van der Waals surface area contributed by atoms with Gasteiger partial charge in [0.1, 0.15) is 11.6 Å². The predicted octanol–water partition coefficient (Wildman–Crippen LogP) is 5.72. The second-order valence-corrected chi connectivity index (χ2v) is 8.71. The van der Waals surface area contributed by atoms with E-state index in [4.69, 9.17) is 4.42 Å². The van der Waals surface area contributed by atoms with Gasteiger partial charge in [0.25, 0.3) is 0 Å². The third kappa shape index (κ3) is 4.87. The Bertz CT molecular complexity index is 1490. The number of oxazole rings is 1. The lowest BCUT2D eigenvalue weighted by molar-refractivity contribution is -0.116. The number of hydrogen-bond acceptors (Lipinski definition) is 6. The molecule has 0 spiro atoms. The van der Waals surface area contributed by atoms with Crippen LogP contribution in [0.25, 0.3) is 33.3 Å². The highest BCUT2D eigenvalue weighted by molar-refractivity contribution is 7.19. The first-order valence-corrected chi connectivity index (χ1v) is 11.5. The van der Waals surface area contributed by atoms with Crippen molar-refractivity contribution in [2.75, 3.05) is 5.32 Å². The van der Waals surface area contributed by atoms with Crippen LogP contribution in [-0.4, -0.2) is 25.4 Å². The number of benzene rings is 2. The number of amides is 1. The zero-order chi connectivity index (χ0) is 24.4. The van der Waals surface area contributed by atoms with Crippen molar-refractivity contribution in [3.05, 3.63) is 84.6 Å². The molecule has 5 aromatic rings. The Labute approximate surface area is 203 Å². The molecule has 0 aliphatic carbocycles. The van der Waals surface area contributed by atoms with Crippen LogP contribution in [-0.2, 0) is 18.3 Å². The molecule has 10 heteroatoms. The van der Waals surface area contributed by atoms with Gasteiger partial charge in [0.2, 0.25) is 5.91 Å². The number of thiazole rings is 1. The predicted molar refractivity (Wildman–Crippen MR) is 129 cm³/mol. The monoisotopic (exact) mass is 491 g/mol. The largest absolute Gasteiger partial charge is 0.441 e. The summed E-state index contributed by atoms with van der Waals surface area (Å²) >= 11 is 1.34. The first kappa shape index (κ1) is 22.6. The molecule has 0 atom stereocenters. The zero-order valence-electron chi connectivity index (χ0n) is 18.5. The molecule has 0 aliphatic rings. The minimum absolute atomic E-state index is 0.0871. The fourth-order valence-electron chi connectivity index (χ4n) is 3.54. The van der Waals surface area contributed by atoms with Crippen molar-refractivity contribution in [1.82, 2.24) is 19.5 Å². The fourth-order valence-corrected chi connectivity index (χ4v) is 4.59. The lowest BCUT2D eigenvalue weighted by Crippen LogP contribution is -2.12. The fraction of sp³-hybridized carbons (Fsp3) is 0.120. The average molecular weight is 492 g/mol. The van der Waals surface area contributed by atoms with Crippen molar-refractivity contribution in [3.8, 4) is 33.3 Å². The topological polar surface area (TPSA) is 85.8 Å². The highest BCUT2D eigenvalue weighted by Crippen LogP contribution is 2.38. The summed E-state index contributed by atoms with van der Waals surface area (Å²) in [6, 6.07) is 12.9. The van der Waals surface area contributed by atoms with Crippen LogP contribution in [0.15, 0.2) is 71.5 Å². The molecule has 7 nitrogen and oxygen atoms in total. The molecule has 1 amide bonds. The molecule has 0 unspecified atom stereocenters. The summed E-state index contributed by atoms with van der Waals surface area (Å²) in [5, 5.41) is 3.29. The zero-order valence-corrected chi connectivity index (χ0v) is 19.4. The molecule has 176 valence electrons. The van der Waals surface area contributed by atoms with E-state index in [-0.39, 0.29) is 36.0 Å². The third-order valence-corrected chi connectivity index (χ3v) is 6.23. The number of nitrogens with zero attached hydrogens (tertiary/aromatic N) is 4. The van der Waals surface area contributed by atoms with Gasteiger partial charge >= 0.3 is 0 Å². The quantitative estimate of drug-likeness (QED) is 0.315. The van der Waals surface area contributed by atoms with Gasteiger partial charge < -0.3 is 14.3 Å². The van der Waals surface area contributed by atoms with Crippen LogP contribution in [0.4, 0.5) is 13.9 Å². The maximum absolute atomic E-state index is 14.0. The van der Waals surface area contributed by atoms with E-state index >= 15 is 0 Å². The van der Waals surface area contributed by atoms with E-state index in [2.05, 4.69) is 20.3 Å². The lowest BCUT2D eigenvalue weighted by Gasteiger charge is -2.02. The molecule has 0 saturated carbocycles. The summed E-state index contributed by atoms with van der Waals surface area (Å²) in [5.74, 6) is -0.486. The molecule has 0 radical (unpaired) electrons. The smallest absolute Gasteiger partial charge is 0.226 e. The number of carbonyl (C=O) groups is 1. The van der Waals surface area contributed by atoms with Gasteiger partial charge in [-0.2, -0.15) is 0 Å². The molecule has 0 fully saturated rings. The number of rotatable bonds is 7. The Morgan fingerprint density at radius 1 is 1.14 bits per heavy atom. The van der Waals surface area contributed by atoms with E-state index in [1.54, 1.807) is 6.20 Å². The highest BCUT2D eigenvalue weighted by Gasteiger charge is 2.19. The van der Waals surface area contributed by atoms with Gasteiger partial charge in [-0.1, -0.05) is 41.7 Å². The van der Waals surface area contributed by atoms with Crippen LogP contribution >= 0.6 is 11.3 Å². The van der Waals surface area contributed by atoms with Crippen LogP contribution in [0.5, 0.6) is 0 Å². The number of nitrogens with one attached hydrogen (secondary N) is 1. The van der Waals surface area contributed by atoms with Crippen molar-refractivity contribution in [1.29, 1.82) is 0 Å². The lowest BCUT2D eigenvalue weighted by atomic mass is 10.1. The molecule has 0 bridgehead atoms. The molecule has 1 N–H and O–H groups in total. The van der Waals surface area contributed by atoms with Gasteiger partial charge in [0.15, 0.2) is 22.6 Å². The van der Waals surface area contributed by atoms with Crippen molar-refractivity contribution in [2.24, 2.45) is 7.05 Å². The van der Waals surface area contributed by atoms with E-state index in [1.165, 1.54) is 23.6 Å². The van der Waals surface area contributed by atoms with Gasteiger partial charge in [0, 0.05) is 43.9 Å². The van der Waals surface area contributed by atoms with Gasteiger partial charge in [-0.25, -0.2) is 23.7 Å². The first-order valence-electron chi connectivity index (χ1n) is 10.7. The number of imidazole rings is 1. The van der Waals surface area contributed by atoms with Crippen LogP contribution in [0.1, 0.15) is 12.3 Å². The van der Waals surface area contributed by atoms with Gasteiger partial charge in [-0.3, -0.25) is 4.79 Å². The maximum Gasteiger partial charge on any atom is 0.226 e. The van der Waals surface area contributed by atoms with Gasteiger partial charge in [-0.15, -0.1) is 0 Å². The summed E-state index contributed by atoms with van der Waals surface area (Å²) in [7, 11) is 1.90. The minimum atomic E-state index is -0.744. The summed E-state index contributed by atoms with van der Waals surface area (Å²) in [6.07, 6.45) is 5.21. The van der Waals surface area contributed by atoms with Crippen molar-refractivity contribution < 1.29 is 18.0 Å². The number of aromatic nitrogens is 4. The standard InChI is InChI=1S/C25H19F2N5O2S/c1-32-12-11-28-24(32)23-22(15-5-3-2-4-6-15)31-25(35-23)30-20(33)9-10-21-29-14-19(34-21)17-8-7-16(26)13-18(17)27/h2-8,11-14H,9-10H2,1H3,(H,30,31,33). The van der Waals surface area contributed by atoms with E-state index in [0.717, 1.165) is 34.1 Å². The van der Waals surface area contributed by atoms with Gasteiger partial charge in [-0.05, 0) is 12.1 Å². The Morgan fingerprint density at radius 3 is 2.71 bits per heavy atom. The van der Waals surface area contributed by atoms with Crippen LogP contribution in [0, 0.1) is 11.6 Å². The second-order valence-electron chi connectivity index (χ2n) is 7.72. The molecule has 3 aromatic heterocycles. The van der Waals surface area contributed by atoms with Crippen molar-refractivity contribution >= 4 is 22.4 Å². The summed E-state index contributed by atoms with van der Waals surface area (Å²) in [4.78, 5) is 26.7. The first-order chi connectivity index (χ1) is 17.0. The SMILES string of the molecule is Cn1ccnc1-c1sc(NC(=O)CCc2ncc(-c3ccc(F)cc3F)o2)nc1-c1ccccc1.